The van der Waals surface area contributed by atoms with Crippen molar-refractivity contribution in [3.8, 4) is 50.2 Å². The number of nitrogens with zero attached hydrogens (tertiary/aromatic N) is 2. The molecule has 0 bridgehead atoms. The lowest BCUT2D eigenvalue weighted by atomic mass is 9.93. The van der Waals surface area contributed by atoms with Crippen LogP contribution in [-0.2, 0) is 6.42 Å². The summed E-state index contributed by atoms with van der Waals surface area (Å²) in [5.41, 5.74) is 18.2. The second-order valence-corrected chi connectivity index (χ2v) is 16.8. The van der Waals surface area contributed by atoms with Crippen LogP contribution in [-0.4, -0.2) is 4.57 Å². The minimum atomic E-state index is 1.02. The molecule has 0 spiro atoms. The molecule has 0 fully saturated rings. The summed E-state index contributed by atoms with van der Waals surface area (Å²) in [5.74, 6) is 0. The zero-order chi connectivity index (χ0) is 42.4. The third-order valence-corrected chi connectivity index (χ3v) is 13.1. The summed E-state index contributed by atoms with van der Waals surface area (Å²) in [6.07, 6.45) is 6.70. The van der Waals surface area contributed by atoms with Crippen LogP contribution in [0.25, 0.3) is 88.7 Å². The number of anilines is 3. The van der Waals surface area contributed by atoms with Gasteiger partial charge in [-0.05, 0) is 151 Å². The minimum Gasteiger partial charge on any atom is -0.310 e. The van der Waals surface area contributed by atoms with Crippen molar-refractivity contribution in [2.75, 3.05) is 4.90 Å². The molecule has 1 aliphatic rings. The Balaban J connectivity index is 0.975. The van der Waals surface area contributed by atoms with Crippen molar-refractivity contribution in [3.63, 3.8) is 0 Å². The molecule has 2 nitrogen and oxygen atoms in total. The summed E-state index contributed by atoms with van der Waals surface area (Å²) in [6.45, 7) is 0. The average molecular weight is 817 g/mol. The Morgan fingerprint density at radius 2 is 0.938 bits per heavy atom. The van der Waals surface area contributed by atoms with Crippen LogP contribution in [0.15, 0.2) is 237 Å². The Labute approximate surface area is 374 Å². The highest BCUT2D eigenvalue weighted by atomic mass is 15.1. The van der Waals surface area contributed by atoms with Crippen LogP contribution in [0.5, 0.6) is 0 Å². The molecule has 0 radical (unpaired) electrons. The molecule has 11 aromatic rings. The Morgan fingerprint density at radius 1 is 0.375 bits per heavy atom. The summed E-state index contributed by atoms with van der Waals surface area (Å²) in [5, 5.41) is 6.41. The van der Waals surface area contributed by atoms with Gasteiger partial charge in [0.25, 0.3) is 0 Å². The predicted octanol–water partition coefficient (Wildman–Crippen LogP) is 17.0. The molecule has 0 amide bonds. The normalized spacial score (nSPS) is 12.2. The Hall–Kier alpha value is -8.20. The summed E-state index contributed by atoms with van der Waals surface area (Å²) in [6, 6.07) is 84.2. The van der Waals surface area contributed by atoms with Crippen LogP contribution < -0.4 is 4.90 Å². The first-order valence-corrected chi connectivity index (χ1v) is 22.3. The molecular weight excluding hydrogens is 773 g/mol. The summed E-state index contributed by atoms with van der Waals surface area (Å²) in [7, 11) is 0. The van der Waals surface area contributed by atoms with E-state index in [1.165, 1.54) is 93.9 Å². The van der Waals surface area contributed by atoms with Crippen molar-refractivity contribution in [2.24, 2.45) is 0 Å². The van der Waals surface area contributed by atoms with E-state index in [4.69, 9.17) is 0 Å². The van der Waals surface area contributed by atoms with Crippen LogP contribution in [0.2, 0.25) is 0 Å². The van der Waals surface area contributed by atoms with E-state index in [1.807, 2.05) is 0 Å². The number of para-hydroxylation sites is 1. The second kappa shape index (κ2) is 15.9. The van der Waals surface area contributed by atoms with E-state index in [-0.39, 0.29) is 0 Å². The van der Waals surface area contributed by atoms with Gasteiger partial charge in [0.15, 0.2) is 0 Å². The van der Waals surface area contributed by atoms with Gasteiger partial charge in [-0.1, -0.05) is 176 Å². The third-order valence-electron chi connectivity index (χ3n) is 13.1. The lowest BCUT2D eigenvalue weighted by Crippen LogP contribution is -2.10. The molecule has 1 heterocycles. The van der Waals surface area contributed by atoms with Crippen molar-refractivity contribution in [1.29, 1.82) is 0 Å². The van der Waals surface area contributed by atoms with E-state index in [9.17, 15) is 0 Å². The molecule has 0 aliphatic heterocycles. The maximum Gasteiger partial charge on any atom is 0.0543 e. The van der Waals surface area contributed by atoms with Crippen LogP contribution in [0.4, 0.5) is 17.1 Å². The molecule has 2 heteroatoms. The molecule has 64 heavy (non-hydrogen) atoms. The summed E-state index contributed by atoms with van der Waals surface area (Å²) in [4.78, 5) is 2.40. The maximum absolute atomic E-state index is 2.44. The highest BCUT2D eigenvalue weighted by Gasteiger charge is 2.22. The molecule has 0 atom stereocenters. The van der Waals surface area contributed by atoms with E-state index in [1.54, 1.807) is 0 Å². The van der Waals surface area contributed by atoms with Gasteiger partial charge in [-0.15, -0.1) is 0 Å². The van der Waals surface area contributed by atoms with Crippen molar-refractivity contribution < 1.29 is 0 Å². The van der Waals surface area contributed by atoms with E-state index in [0.29, 0.717) is 0 Å². The van der Waals surface area contributed by atoms with Crippen molar-refractivity contribution in [3.05, 3.63) is 248 Å². The van der Waals surface area contributed by atoms with Gasteiger partial charge in [-0.3, -0.25) is 0 Å². The largest absolute Gasteiger partial charge is 0.310 e. The number of allylic oxidation sites excluding steroid dienone is 1. The number of benzene rings is 10. The topological polar surface area (TPSA) is 8.17 Å². The fourth-order valence-electron chi connectivity index (χ4n) is 10.0. The zero-order valence-electron chi connectivity index (χ0n) is 35.4. The van der Waals surface area contributed by atoms with E-state index in [2.05, 4.69) is 252 Å². The fraction of sp³-hybridized carbons (Fsp3) is 0.0323. The number of hydrogen-bond donors (Lipinski definition) is 0. The van der Waals surface area contributed by atoms with Gasteiger partial charge in [0.2, 0.25) is 0 Å². The predicted molar refractivity (Wildman–Crippen MR) is 272 cm³/mol. The van der Waals surface area contributed by atoms with Gasteiger partial charge in [-0.2, -0.15) is 0 Å². The Bertz CT molecular complexity index is 3510. The molecular formula is C62H44N2. The second-order valence-electron chi connectivity index (χ2n) is 16.8. The molecule has 0 saturated heterocycles. The molecule has 12 rings (SSSR count). The van der Waals surface area contributed by atoms with Gasteiger partial charge in [0.1, 0.15) is 0 Å². The van der Waals surface area contributed by atoms with Gasteiger partial charge in [0, 0.05) is 33.8 Å². The van der Waals surface area contributed by atoms with Crippen LogP contribution in [0.3, 0.4) is 0 Å². The molecule has 1 aromatic heterocycles. The molecule has 0 N–H and O–H groups in total. The highest BCUT2D eigenvalue weighted by Crippen LogP contribution is 2.43. The first kappa shape index (κ1) is 37.6. The summed E-state index contributed by atoms with van der Waals surface area (Å²) < 4.78 is 2.44. The lowest BCUT2D eigenvalue weighted by Gasteiger charge is -2.26. The van der Waals surface area contributed by atoms with Crippen molar-refractivity contribution in [1.82, 2.24) is 4.57 Å². The first-order chi connectivity index (χ1) is 31.7. The summed E-state index contributed by atoms with van der Waals surface area (Å²) >= 11 is 0. The van der Waals surface area contributed by atoms with Gasteiger partial charge in [-0.25, -0.2) is 0 Å². The standard InChI is InChI=1S/C62H44N2/c1-3-15-43(16-4-1)44-29-31-45(32-30-44)46-33-37-51(38-34-46)63(52-39-35-47(36-40-52)59-42-49-17-7-8-22-54(49)56-23-9-10-24-57(56)59)53-21-13-18-48(41-53)55-26-14-28-61-62(55)58-25-11-12-27-60(58)64(61)50-19-5-2-6-20-50/h1-10,12-24,26-42H,11,25H2. The fourth-order valence-corrected chi connectivity index (χ4v) is 10.0. The number of fused-ring (bicyclic) bond motifs is 6. The van der Waals surface area contributed by atoms with Crippen molar-refractivity contribution in [2.45, 2.75) is 12.8 Å². The average Bonchev–Trinajstić information content (AvgIpc) is 3.72. The van der Waals surface area contributed by atoms with E-state index >= 15 is 0 Å². The first-order valence-electron chi connectivity index (χ1n) is 22.3. The number of rotatable bonds is 8. The highest BCUT2D eigenvalue weighted by molar-refractivity contribution is 6.14. The Kier molecular flexibility index (Phi) is 9.34. The van der Waals surface area contributed by atoms with E-state index in [0.717, 1.165) is 29.9 Å². The maximum atomic E-state index is 2.44. The Morgan fingerprint density at radius 3 is 1.66 bits per heavy atom. The number of hydrogen-bond acceptors (Lipinski definition) is 1. The number of aromatic nitrogens is 1. The van der Waals surface area contributed by atoms with Gasteiger partial charge in [0.05, 0.1) is 5.52 Å². The quantitative estimate of drug-likeness (QED) is 0.139. The SMILES string of the molecule is C1=Cc2c(c3c(-c4cccc(N(c5ccc(-c6ccc(-c7ccccc7)cc6)cc5)c5ccc(-c6cc7ccccc7c7ccccc67)cc5)c4)cccc3n2-c2ccccc2)CC1. The number of aryl methyl sites for hydroxylation is 1. The molecule has 1 aliphatic carbocycles. The van der Waals surface area contributed by atoms with Crippen molar-refractivity contribution >= 4 is 55.6 Å². The zero-order valence-corrected chi connectivity index (χ0v) is 35.4. The molecule has 0 saturated carbocycles. The molecule has 302 valence electrons. The van der Waals surface area contributed by atoms with Gasteiger partial charge < -0.3 is 9.47 Å². The van der Waals surface area contributed by atoms with Crippen LogP contribution >= 0.6 is 0 Å². The lowest BCUT2D eigenvalue weighted by molar-refractivity contribution is 0.968. The molecule has 10 aromatic carbocycles. The van der Waals surface area contributed by atoms with Crippen LogP contribution in [0.1, 0.15) is 17.7 Å². The van der Waals surface area contributed by atoms with E-state index < -0.39 is 0 Å². The van der Waals surface area contributed by atoms with Gasteiger partial charge >= 0.3 is 0 Å². The van der Waals surface area contributed by atoms with Crippen LogP contribution in [0, 0.1) is 0 Å². The smallest absolute Gasteiger partial charge is 0.0543 e. The minimum absolute atomic E-state index is 1.02. The molecule has 0 unspecified atom stereocenters. The third kappa shape index (κ3) is 6.60. The monoisotopic (exact) mass is 816 g/mol.